The lowest BCUT2D eigenvalue weighted by atomic mass is 10.1. The normalized spacial score (nSPS) is 14.6. The standard InChI is InChI=1S/C14H18N4O/c1-9-13(11-5-6-12(19-2)16-7-11)17-18(14(9)15)8-10-3-4-10/h5-7,10H,3-4,8,15H2,1-2H3. The molecule has 0 unspecified atom stereocenters. The molecule has 1 aliphatic rings. The van der Waals surface area contributed by atoms with E-state index in [1.807, 2.05) is 23.7 Å². The Kier molecular flexibility index (Phi) is 2.89. The van der Waals surface area contributed by atoms with E-state index >= 15 is 0 Å². The van der Waals surface area contributed by atoms with Gasteiger partial charge in [-0.25, -0.2) is 9.67 Å². The van der Waals surface area contributed by atoms with Crippen LogP contribution in [0, 0.1) is 12.8 Å². The van der Waals surface area contributed by atoms with Gasteiger partial charge in [0.2, 0.25) is 5.88 Å². The summed E-state index contributed by atoms with van der Waals surface area (Å²) in [4.78, 5) is 4.21. The number of rotatable bonds is 4. The van der Waals surface area contributed by atoms with E-state index in [1.54, 1.807) is 13.3 Å². The number of hydrogen-bond acceptors (Lipinski definition) is 4. The highest BCUT2D eigenvalue weighted by atomic mass is 16.5. The van der Waals surface area contributed by atoms with Gasteiger partial charge in [0.25, 0.3) is 0 Å². The van der Waals surface area contributed by atoms with Gasteiger partial charge in [-0.05, 0) is 31.7 Å². The van der Waals surface area contributed by atoms with Gasteiger partial charge in [0.15, 0.2) is 0 Å². The minimum atomic E-state index is 0.604. The molecule has 0 amide bonds. The van der Waals surface area contributed by atoms with Crippen LogP contribution in [0.25, 0.3) is 11.3 Å². The molecule has 5 heteroatoms. The van der Waals surface area contributed by atoms with Crippen LogP contribution < -0.4 is 10.5 Å². The summed E-state index contributed by atoms with van der Waals surface area (Å²) in [7, 11) is 1.61. The molecule has 0 spiro atoms. The van der Waals surface area contributed by atoms with Crippen molar-refractivity contribution in [2.75, 3.05) is 12.8 Å². The maximum absolute atomic E-state index is 6.13. The van der Waals surface area contributed by atoms with Crippen molar-refractivity contribution < 1.29 is 4.74 Å². The Morgan fingerprint density at radius 2 is 2.21 bits per heavy atom. The fourth-order valence-electron chi connectivity index (χ4n) is 2.16. The molecule has 1 saturated carbocycles. The molecule has 5 nitrogen and oxygen atoms in total. The molecule has 0 saturated heterocycles. The monoisotopic (exact) mass is 258 g/mol. The molecular formula is C14H18N4O. The van der Waals surface area contributed by atoms with E-state index in [0.29, 0.717) is 5.88 Å². The number of aromatic nitrogens is 3. The summed E-state index contributed by atoms with van der Waals surface area (Å²) in [5, 5.41) is 4.63. The average molecular weight is 258 g/mol. The third kappa shape index (κ3) is 2.28. The van der Waals surface area contributed by atoms with Gasteiger partial charge in [-0.2, -0.15) is 5.10 Å². The first-order valence-electron chi connectivity index (χ1n) is 6.52. The second-order valence-corrected chi connectivity index (χ2v) is 5.07. The van der Waals surface area contributed by atoms with Gasteiger partial charge in [-0.3, -0.25) is 0 Å². The topological polar surface area (TPSA) is 66.0 Å². The van der Waals surface area contributed by atoms with E-state index in [-0.39, 0.29) is 0 Å². The van der Waals surface area contributed by atoms with Gasteiger partial charge in [-0.1, -0.05) is 0 Å². The largest absolute Gasteiger partial charge is 0.481 e. The number of ether oxygens (including phenoxy) is 1. The number of methoxy groups -OCH3 is 1. The number of pyridine rings is 1. The van der Waals surface area contributed by atoms with Crippen molar-refractivity contribution in [3.05, 3.63) is 23.9 Å². The summed E-state index contributed by atoms with van der Waals surface area (Å²) in [6.45, 7) is 2.93. The van der Waals surface area contributed by atoms with Crippen LogP contribution in [0.4, 0.5) is 5.82 Å². The Labute approximate surface area is 112 Å². The minimum Gasteiger partial charge on any atom is -0.481 e. The lowest BCUT2D eigenvalue weighted by molar-refractivity contribution is 0.398. The molecule has 0 aliphatic heterocycles. The molecule has 2 N–H and O–H groups in total. The van der Waals surface area contributed by atoms with E-state index in [4.69, 9.17) is 10.5 Å². The summed E-state index contributed by atoms with van der Waals surface area (Å²) in [6, 6.07) is 3.80. The predicted octanol–water partition coefficient (Wildman–Crippen LogP) is 2.25. The maximum Gasteiger partial charge on any atom is 0.212 e. The fourth-order valence-corrected chi connectivity index (χ4v) is 2.16. The van der Waals surface area contributed by atoms with Crippen LogP contribution in [0.1, 0.15) is 18.4 Å². The molecule has 0 atom stereocenters. The van der Waals surface area contributed by atoms with Crippen molar-refractivity contribution in [1.29, 1.82) is 0 Å². The second-order valence-electron chi connectivity index (χ2n) is 5.07. The Balaban J connectivity index is 1.94. The highest BCUT2D eigenvalue weighted by Crippen LogP contribution is 2.33. The number of nitrogen functional groups attached to an aromatic ring is 1. The summed E-state index contributed by atoms with van der Waals surface area (Å²) in [6.07, 6.45) is 4.35. The van der Waals surface area contributed by atoms with Crippen molar-refractivity contribution in [2.45, 2.75) is 26.3 Å². The Bertz CT molecular complexity index is 584. The van der Waals surface area contributed by atoms with Crippen LogP contribution in [0.15, 0.2) is 18.3 Å². The van der Waals surface area contributed by atoms with Gasteiger partial charge in [-0.15, -0.1) is 0 Å². The first kappa shape index (κ1) is 12.0. The Morgan fingerprint density at radius 1 is 1.42 bits per heavy atom. The molecule has 1 aliphatic carbocycles. The minimum absolute atomic E-state index is 0.604. The van der Waals surface area contributed by atoms with Crippen molar-refractivity contribution in [3.8, 4) is 17.1 Å². The summed E-state index contributed by atoms with van der Waals surface area (Å²) in [5.41, 5.74) is 9.03. The summed E-state index contributed by atoms with van der Waals surface area (Å²) >= 11 is 0. The SMILES string of the molecule is COc1ccc(-c2nn(CC3CC3)c(N)c2C)cn1. The van der Waals surface area contributed by atoms with Crippen LogP contribution in [0.5, 0.6) is 5.88 Å². The first-order chi connectivity index (χ1) is 9.19. The molecule has 2 heterocycles. The second kappa shape index (κ2) is 4.57. The smallest absolute Gasteiger partial charge is 0.212 e. The molecule has 19 heavy (non-hydrogen) atoms. The van der Waals surface area contributed by atoms with Gasteiger partial charge in [0, 0.05) is 29.9 Å². The number of anilines is 1. The fraction of sp³-hybridized carbons (Fsp3) is 0.429. The van der Waals surface area contributed by atoms with Crippen molar-refractivity contribution in [2.24, 2.45) is 5.92 Å². The lowest BCUT2D eigenvalue weighted by Gasteiger charge is -2.01. The number of nitrogens with two attached hydrogens (primary N) is 1. The van der Waals surface area contributed by atoms with Gasteiger partial charge < -0.3 is 10.5 Å². The number of nitrogens with zero attached hydrogens (tertiary/aromatic N) is 3. The Hall–Kier alpha value is -2.04. The van der Waals surface area contributed by atoms with Crippen LogP contribution in [-0.4, -0.2) is 21.9 Å². The average Bonchev–Trinajstić information content (AvgIpc) is 3.21. The van der Waals surface area contributed by atoms with E-state index in [9.17, 15) is 0 Å². The van der Waals surface area contributed by atoms with E-state index in [1.165, 1.54) is 12.8 Å². The zero-order valence-corrected chi connectivity index (χ0v) is 11.3. The van der Waals surface area contributed by atoms with Crippen LogP contribution in [-0.2, 0) is 6.54 Å². The van der Waals surface area contributed by atoms with Gasteiger partial charge in [0.05, 0.1) is 12.8 Å². The molecule has 0 bridgehead atoms. The molecular weight excluding hydrogens is 240 g/mol. The molecule has 2 aromatic rings. The molecule has 1 fully saturated rings. The molecule has 0 aromatic carbocycles. The van der Waals surface area contributed by atoms with Crippen LogP contribution in [0.2, 0.25) is 0 Å². The zero-order chi connectivity index (χ0) is 13.4. The van der Waals surface area contributed by atoms with E-state index in [2.05, 4.69) is 10.1 Å². The molecule has 100 valence electrons. The van der Waals surface area contributed by atoms with E-state index < -0.39 is 0 Å². The molecule has 2 aromatic heterocycles. The molecule has 3 rings (SSSR count). The summed E-state index contributed by atoms with van der Waals surface area (Å²) < 4.78 is 6.99. The highest BCUT2D eigenvalue weighted by molar-refractivity contribution is 5.67. The highest BCUT2D eigenvalue weighted by Gasteiger charge is 2.24. The van der Waals surface area contributed by atoms with Crippen molar-refractivity contribution >= 4 is 5.82 Å². The van der Waals surface area contributed by atoms with Crippen molar-refractivity contribution in [3.63, 3.8) is 0 Å². The summed E-state index contributed by atoms with van der Waals surface area (Å²) in [5.74, 6) is 2.12. The Morgan fingerprint density at radius 3 is 2.79 bits per heavy atom. The van der Waals surface area contributed by atoms with Gasteiger partial charge >= 0.3 is 0 Å². The number of hydrogen-bond donors (Lipinski definition) is 1. The first-order valence-corrected chi connectivity index (χ1v) is 6.52. The quantitative estimate of drug-likeness (QED) is 0.913. The van der Waals surface area contributed by atoms with Crippen LogP contribution in [0.3, 0.4) is 0 Å². The maximum atomic E-state index is 6.13. The van der Waals surface area contributed by atoms with Crippen molar-refractivity contribution in [1.82, 2.24) is 14.8 Å². The van der Waals surface area contributed by atoms with E-state index in [0.717, 1.165) is 35.1 Å². The zero-order valence-electron chi connectivity index (χ0n) is 11.3. The lowest BCUT2D eigenvalue weighted by Crippen LogP contribution is -2.06. The third-order valence-electron chi connectivity index (χ3n) is 3.59. The third-order valence-corrected chi connectivity index (χ3v) is 3.59. The predicted molar refractivity (Wildman–Crippen MR) is 73.9 cm³/mol. The van der Waals surface area contributed by atoms with Gasteiger partial charge in [0.1, 0.15) is 5.82 Å². The van der Waals surface area contributed by atoms with Crippen LogP contribution >= 0.6 is 0 Å². The molecule has 0 radical (unpaired) electrons.